The van der Waals surface area contributed by atoms with Gasteiger partial charge in [0.25, 0.3) is 0 Å². The van der Waals surface area contributed by atoms with Crippen LogP contribution < -0.4 is 0 Å². The number of nitrogens with one attached hydrogen (secondary N) is 1. The molecule has 0 radical (unpaired) electrons. The first-order valence-corrected chi connectivity index (χ1v) is 8.12. The molecule has 0 aliphatic carbocycles. The van der Waals surface area contributed by atoms with E-state index in [1.165, 1.54) is 0 Å². The van der Waals surface area contributed by atoms with E-state index in [4.69, 9.17) is 0 Å². The molecule has 2 aliphatic rings. The summed E-state index contributed by atoms with van der Waals surface area (Å²) in [5.74, 6) is 0.792. The number of carbonyl (C=O) groups is 2. The quantitative estimate of drug-likeness (QED) is 0.917. The second-order valence-electron chi connectivity index (χ2n) is 6.50. The van der Waals surface area contributed by atoms with E-state index in [1.54, 1.807) is 11.9 Å². The van der Waals surface area contributed by atoms with Gasteiger partial charge in [0, 0.05) is 26.6 Å². The van der Waals surface area contributed by atoms with Crippen LogP contribution in [0.4, 0.5) is 0 Å². The fourth-order valence-corrected chi connectivity index (χ4v) is 3.71. The predicted molar refractivity (Wildman–Crippen MR) is 85.5 cm³/mol. The number of nitrogens with zero attached hydrogens (tertiary/aromatic N) is 3. The standard InChI is InChI=1S/C17H20N4O2/c1-20-10-11(9-15(20)22)17(23)21-8-4-7-14(21)16-18-12-5-2-3-6-13(12)19-16/h2-3,5-6,11,14H,4,7-10H2,1H3,(H,18,19). The van der Waals surface area contributed by atoms with Gasteiger partial charge in [0.05, 0.1) is 23.0 Å². The summed E-state index contributed by atoms with van der Waals surface area (Å²) in [5.41, 5.74) is 1.93. The summed E-state index contributed by atoms with van der Waals surface area (Å²) in [6.45, 7) is 1.27. The summed E-state index contributed by atoms with van der Waals surface area (Å²) in [6, 6.07) is 7.90. The van der Waals surface area contributed by atoms with Crippen molar-refractivity contribution in [2.45, 2.75) is 25.3 Å². The minimum atomic E-state index is -0.211. The average molecular weight is 312 g/mol. The lowest BCUT2D eigenvalue weighted by atomic mass is 10.1. The number of H-pyrrole nitrogens is 1. The van der Waals surface area contributed by atoms with E-state index in [9.17, 15) is 9.59 Å². The van der Waals surface area contributed by atoms with Gasteiger partial charge < -0.3 is 14.8 Å². The summed E-state index contributed by atoms with van der Waals surface area (Å²) >= 11 is 0. The third-order valence-corrected chi connectivity index (χ3v) is 4.95. The fourth-order valence-electron chi connectivity index (χ4n) is 3.71. The number of rotatable bonds is 2. The van der Waals surface area contributed by atoms with E-state index in [2.05, 4.69) is 9.97 Å². The van der Waals surface area contributed by atoms with Gasteiger partial charge in [0.2, 0.25) is 11.8 Å². The van der Waals surface area contributed by atoms with E-state index in [0.29, 0.717) is 13.0 Å². The van der Waals surface area contributed by atoms with Gasteiger partial charge in [-0.3, -0.25) is 9.59 Å². The summed E-state index contributed by atoms with van der Waals surface area (Å²) in [6.07, 6.45) is 2.23. The SMILES string of the molecule is CN1CC(C(=O)N2CCCC2c2nc3ccccc3[nH]2)CC1=O. The lowest BCUT2D eigenvalue weighted by molar-refractivity contribution is -0.136. The second kappa shape index (κ2) is 5.37. The number of aromatic amines is 1. The van der Waals surface area contributed by atoms with Crippen molar-refractivity contribution in [1.29, 1.82) is 0 Å². The smallest absolute Gasteiger partial charge is 0.228 e. The van der Waals surface area contributed by atoms with Crippen molar-refractivity contribution in [3.05, 3.63) is 30.1 Å². The molecule has 2 amide bonds. The van der Waals surface area contributed by atoms with Crippen LogP contribution in [0.2, 0.25) is 0 Å². The molecular weight excluding hydrogens is 292 g/mol. The Balaban J connectivity index is 1.59. The third-order valence-electron chi connectivity index (χ3n) is 4.95. The van der Waals surface area contributed by atoms with Crippen molar-refractivity contribution < 1.29 is 9.59 Å². The predicted octanol–water partition coefficient (Wildman–Crippen LogP) is 1.70. The molecule has 6 nitrogen and oxygen atoms in total. The van der Waals surface area contributed by atoms with Gasteiger partial charge in [-0.2, -0.15) is 0 Å². The van der Waals surface area contributed by atoms with Crippen LogP contribution in [-0.2, 0) is 9.59 Å². The van der Waals surface area contributed by atoms with Gasteiger partial charge >= 0.3 is 0 Å². The molecule has 2 unspecified atom stereocenters. The maximum atomic E-state index is 12.8. The lowest BCUT2D eigenvalue weighted by Crippen LogP contribution is -2.37. The molecule has 2 aromatic rings. The Morgan fingerprint density at radius 3 is 2.91 bits per heavy atom. The highest BCUT2D eigenvalue weighted by Crippen LogP contribution is 2.34. The molecule has 2 atom stereocenters. The highest BCUT2D eigenvalue weighted by atomic mass is 16.2. The van der Waals surface area contributed by atoms with E-state index in [1.807, 2.05) is 29.2 Å². The number of aromatic nitrogens is 2. The molecule has 1 aromatic carbocycles. The van der Waals surface area contributed by atoms with Crippen LogP contribution in [0.1, 0.15) is 31.1 Å². The minimum absolute atomic E-state index is 0.00379. The Kier molecular flexibility index (Phi) is 3.32. The Morgan fingerprint density at radius 2 is 2.17 bits per heavy atom. The number of carbonyl (C=O) groups excluding carboxylic acids is 2. The maximum Gasteiger partial charge on any atom is 0.228 e. The summed E-state index contributed by atoms with van der Waals surface area (Å²) in [5, 5.41) is 0. The number of para-hydroxylation sites is 2. The van der Waals surface area contributed by atoms with E-state index in [-0.39, 0.29) is 23.8 Å². The molecule has 2 fully saturated rings. The highest BCUT2D eigenvalue weighted by Gasteiger charge is 2.39. The fraction of sp³-hybridized carbons (Fsp3) is 0.471. The first kappa shape index (κ1) is 14.2. The minimum Gasteiger partial charge on any atom is -0.345 e. The molecule has 0 saturated carbocycles. The molecule has 0 bridgehead atoms. The zero-order valence-corrected chi connectivity index (χ0v) is 13.2. The summed E-state index contributed by atoms with van der Waals surface area (Å²) in [7, 11) is 1.76. The van der Waals surface area contributed by atoms with Gasteiger partial charge in [0.15, 0.2) is 0 Å². The van der Waals surface area contributed by atoms with Crippen LogP contribution in [-0.4, -0.2) is 51.7 Å². The number of amides is 2. The normalized spacial score (nSPS) is 24.8. The Bertz CT molecular complexity index is 736. The van der Waals surface area contributed by atoms with Gasteiger partial charge in [-0.25, -0.2) is 4.98 Å². The summed E-state index contributed by atoms with van der Waals surface area (Å²) < 4.78 is 0. The van der Waals surface area contributed by atoms with E-state index >= 15 is 0 Å². The van der Waals surface area contributed by atoms with Crippen LogP contribution in [0.3, 0.4) is 0 Å². The largest absolute Gasteiger partial charge is 0.345 e. The maximum absolute atomic E-state index is 12.8. The van der Waals surface area contributed by atoms with E-state index < -0.39 is 0 Å². The van der Waals surface area contributed by atoms with Gasteiger partial charge in [0.1, 0.15) is 5.82 Å². The molecule has 1 N–H and O–H groups in total. The lowest BCUT2D eigenvalue weighted by Gasteiger charge is -2.25. The Hall–Kier alpha value is -2.37. The van der Waals surface area contributed by atoms with Crippen LogP contribution in [0.15, 0.2) is 24.3 Å². The first-order valence-electron chi connectivity index (χ1n) is 8.12. The molecule has 120 valence electrons. The number of hydrogen-bond acceptors (Lipinski definition) is 3. The average Bonchev–Trinajstić information content (AvgIpc) is 3.24. The number of imidazole rings is 1. The zero-order chi connectivity index (χ0) is 16.0. The Labute approximate surface area is 134 Å². The topological polar surface area (TPSA) is 69.3 Å². The van der Waals surface area contributed by atoms with Crippen molar-refractivity contribution in [3.63, 3.8) is 0 Å². The van der Waals surface area contributed by atoms with E-state index in [0.717, 1.165) is 36.2 Å². The Morgan fingerprint density at radius 1 is 1.35 bits per heavy atom. The van der Waals surface area contributed by atoms with Crippen LogP contribution in [0.5, 0.6) is 0 Å². The van der Waals surface area contributed by atoms with Crippen molar-refractivity contribution in [1.82, 2.24) is 19.8 Å². The zero-order valence-electron chi connectivity index (χ0n) is 13.2. The summed E-state index contributed by atoms with van der Waals surface area (Å²) in [4.78, 5) is 36.1. The molecule has 0 spiro atoms. The van der Waals surface area contributed by atoms with Crippen molar-refractivity contribution in [2.24, 2.45) is 5.92 Å². The monoisotopic (exact) mass is 312 g/mol. The number of likely N-dealkylation sites (tertiary alicyclic amines) is 2. The molecular formula is C17H20N4O2. The first-order chi connectivity index (χ1) is 11.1. The van der Waals surface area contributed by atoms with Crippen molar-refractivity contribution in [2.75, 3.05) is 20.1 Å². The van der Waals surface area contributed by atoms with Gasteiger partial charge in [-0.05, 0) is 25.0 Å². The van der Waals surface area contributed by atoms with Crippen LogP contribution in [0.25, 0.3) is 11.0 Å². The van der Waals surface area contributed by atoms with Crippen molar-refractivity contribution >= 4 is 22.8 Å². The van der Waals surface area contributed by atoms with Gasteiger partial charge in [-0.15, -0.1) is 0 Å². The molecule has 3 heterocycles. The third kappa shape index (κ3) is 2.38. The second-order valence-corrected chi connectivity index (χ2v) is 6.50. The molecule has 4 rings (SSSR count). The molecule has 2 saturated heterocycles. The molecule has 6 heteroatoms. The number of fused-ring (bicyclic) bond motifs is 1. The molecule has 23 heavy (non-hydrogen) atoms. The van der Waals surface area contributed by atoms with Crippen LogP contribution >= 0.6 is 0 Å². The van der Waals surface area contributed by atoms with Crippen molar-refractivity contribution in [3.8, 4) is 0 Å². The molecule has 1 aromatic heterocycles. The highest BCUT2D eigenvalue weighted by molar-refractivity contribution is 5.89. The van der Waals surface area contributed by atoms with Crippen LogP contribution in [0, 0.1) is 5.92 Å². The molecule has 2 aliphatic heterocycles. The number of hydrogen-bond donors (Lipinski definition) is 1. The number of benzene rings is 1. The van der Waals surface area contributed by atoms with Gasteiger partial charge in [-0.1, -0.05) is 12.1 Å².